The lowest BCUT2D eigenvalue weighted by molar-refractivity contribution is -0.154. The van der Waals surface area contributed by atoms with Crippen LogP contribution >= 0.6 is 0 Å². The summed E-state index contributed by atoms with van der Waals surface area (Å²) in [5.41, 5.74) is 1.33. The first-order chi connectivity index (χ1) is 21.0. The topological polar surface area (TPSA) is 168 Å². The quantitative estimate of drug-likeness (QED) is 0.0747. The number of carboxylic acid groups (broad SMARTS) is 1. The van der Waals surface area contributed by atoms with Crippen molar-refractivity contribution in [2.24, 2.45) is 23.7 Å². The van der Waals surface area contributed by atoms with Crippen LogP contribution in [0.3, 0.4) is 0 Å². The van der Waals surface area contributed by atoms with Crippen LogP contribution in [0, 0.1) is 23.7 Å². The number of hydrogen-bond donors (Lipinski definition) is 4. The molecule has 4 N–H and O–H groups in total. The number of aliphatic carboxylic acids is 1. The summed E-state index contributed by atoms with van der Waals surface area (Å²) in [7, 11) is 0. The van der Waals surface area contributed by atoms with Crippen LogP contribution in [-0.4, -0.2) is 68.5 Å². The van der Waals surface area contributed by atoms with Gasteiger partial charge in [-0.25, -0.2) is 9.59 Å². The van der Waals surface area contributed by atoms with E-state index < -0.39 is 60.6 Å². The number of Topliss-reactive ketones (excluding diaryl/α,β-unsaturated/α-hetero) is 1. The Morgan fingerprint density at radius 2 is 1.56 bits per heavy atom. The van der Waals surface area contributed by atoms with Crippen LogP contribution in [-0.2, 0) is 28.7 Å². The summed E-state index contributed by atoms with van der Waals surface area (Å²) in [6.07, 6.45) is 4.81. The van der Waals surface area contributed by atoms with Gasteiger partial charge in [0.2, 0.25) is 0 Å². The van der Waals surface area contributed by atoms with Crippen LogP contribution in [0.15, 0.2) is 47.3 Å². The summed E-state index contributed by atoms with van der Waals surface area (Å²) in [6.45, 7) is 16.3. The molecule has 0 radical (unpaired) electrons. The number of esters is 2. The highest BCUT2D eigenvalue weighted by molar-refractivity contribution is 5.96. The first-order valence-electron chi connectivity index (χ1n) is 16.0. The fraction of sp³-hybridized carbons (Fsp3) is 0.657. The van der Waals surface area contributed by atoms with Crippen molar-refractivity contribution in [1.29, 1.82) is 0 Å². The number of carbonyl (C=O) groups excluding carboxylic acids is 3. The third kappa shape index (κ3) is 13.8. The third-order valence-corrected chi connectivity index (χ3v) is 8.79. The van der Waals surface area contributed by atoms with Crippen LogP contribution in [0.5, 0.6) is 0 Å². The Hall–Kier alpha value is -3.08. The molecule has 1 aliphatic rings. The van der Waals surface area contributed by atoms with Gasteiger partial charge in [0.25, 0.3) is 0 Å². The molecule has 0 fully saturated rings. The molecule has 1 rings (SSSR count). The van der Waals surface area contributed by atoms with Gasteiger partial charge in [-0.1, -0.05) is 58.9 Å². The highest BCUT2D eigenvalue weighted by Gasteiger charge is 2.34. The second-order valence-corrected chi connectivity index (χ2v) is 12.6. The zero-order chi connectivity index (χ0) is 34.4. The van der Waals surface area contributed by atoms with Gasteiger partial charge in [0.15, 0.2) is 0 Å². The van der Waals surface area contributed by atoms with E-state index in [-0.39, 0.29) is 23.5 Å². The molecular formula is C35H54O10. The minimum absolute atomic E-state index is 0.0396. The predicted octanol–water partition coefficient (Wildman–Crippen LogP) is 5.21. The largest absolute Gasteiger partial charge is 0.478 e. The van der Waals surface area contributed by atoms with E-state index in [4.69, 9.17) is 14.6 Å². The smallest absolute Gasteiger partial charge is 0.342 e. The molecular weight excluding hydrogens is 580 g/mol. The van der Waals surface area contributed by atoms with E-state index in [0.29, 0.717) is 23.8 Å². The van der Waals surface area contributed by atoms with E-state index in [1.807, 2.05) is 6.92 Å². The maximum atomic E-state index is 12.9. The summed E-state index contributed by atoms with van der Waals surface area (Å²) in [5, 5.41) is 40.5. The Kier molecular flexibility index (Phi) is 17.3. The number of carboxylic acids is 1. The summed E-state index contributed by atoms with van der Waals surface area (Å²) in [5.74, 6) is -3.12. The summed E-state index contributed by atoms with van der Waals surface area (Å²) < 4.78 is 10.2. The number of cyclic esters (lactones) is 1. The molecule has 0 spiro atoms. The number of rotatable bonds is 21. The van der Waals surface area contributed by atoms with Gasteiger partial charge in [0.05, 0.1) is 30.3 Å². The Morgan fingerprint density at radius 3 is 2.11 bits per heavy atom. The molecule has 0 aliphatic carbocycles. The van der Waals surface area contributed by atoms with Crippen molar-refractivity contribution >= 4 is 23.7 Å². The molecule has 10 nitrogen and oxygen atoms in total. The molecule has 0 saturated heterocycles. The van der Waals surface area contributed by atoms with E-state index in [1.165, 1.54) is 0 Å². The lowest BCUT2D eigenvalue weighted by Gasteiger charge is -2.27. The van der Waals surface area contributed by atoms with Crippen LogP contribution < -0.4 is 0 Å². The van der Waals surface area contributed by atoms with Crippen molar-refractivity contribution in [1.82, 2.24) is 0 Å². The first kappa shape index (κ1) is 39.9. The van der Waals surface area contributed by atoms with Gasteiger partial charge in [-0.2, -0.15) is 0 Å². The average molecular weight is 635 g/mol. The summed E-state index contributed by atoms with van der Waals surface area (Å²) >= 11 is 0. The van der Waals surface area contributed by atoms with Gasteiger partial charge in [-0.05, 0) is 64.2 Å². The molecule has 0 bridgehead atoms. The number of allylic oxidation sites excluding steroid dienone is 4. The molecule has 0 saturated carbocycles. The van der Waals surface area contributed by atoms with Gasteiger partial charge in [0.1, 0.15) is 17.6 Å². The Labute approximate surface area is 267 Å². The SMILES string of the molecule is C=C1OC(=O)C(C(O)CC(=O)O[C@H](C)[C@@H](C)C(O)CC(=O)[C@@H](C)C(O)CCC(C)C[C@@H](C)CCC=C(/C=C/C(=O)O)CC)=C1C. The minimum Gasteiger partial charge on any atom is -0.478 e. The molecule has 8 atom stereocenters. The van der Waals surface area contributed by atoms with Crippen molar-refractivity contribution in [3.63, 3.8) is 0 Å². The molecule has 254 valence electrons. The van der Waals surface area contributed by atoms with Gasteiger partial charge < -0.3 is 29.9 Å². The molecule has 10 heteroatoms. The van der Waals surface area contributed by atoms with Crippen LogP contribution in [0.25, 0.3) is 0 Å². The van der Waals surface area contributed by atoms with Crippen LogP contribution in [0.1, 0.15) is 99.8 Å². The monoisotopic (exact) mass is 634 g/mol. The standard InChI is InChI=1S/C35H54O10/c1-9-27(14-16-32(40)41)12-10-11-20(2)17-21(3)13-15-28(36)24(6)30(38)18-29(37)22(4)25(7)44-33(42)19-31(39)34-23(5)26(8)45-35(34)43/h12,14,16,20-22,24-25,28-29,31,36-37,39H,8-11,13,15,17-19H2,1-7H3,(H,40,41)/b16-14+,27-12?/t20-,21?,22+,24-,25+,28?,29?,31?/m0/s1. The van der Waals surface area contributed by atoms with Gasteiger partial charge in [-0.3, -0.25) is 9.59 Å². The Balaban J connectivity index is 2.48. The normalized spacial score (nSPS) is 19.5. The van der Waals surface area contributed by atoms with Crippen LogP contribution in [0.2, 0.25) is 0 Å². The van der Waals surface area contributed by atoms with Crippen LogP contribution in [0.4, 0.5) is 0 Å². The van der Waals surface area contributed by atoms with Gasteiger partial charge >= 0.3 is 17.9 Å². The lowest BCUT2D eigenvalue weighted by atomic mass is 9.85. The molecule has 45 heavy (non-hydrogen) atoms. The molecule has 4 unspecified atom stereocenters. The summed E-state index contributed by atoms with van der Waals surface area (Å²) in [4.78, 5) is 47.9. The van der Waals surface area contributed by atoms with Crippen molar-refractivity contribution < 1.29 is 49.1 Å². The van der Waals surface area contributed by atoms with E-state index in [0.717, 1.165) is 43.8 Å². The molecule has 1 aliphatic heterocycles. The average Bonchev–Trinajstić information content (AvgIpc) is 3.22. The fourth-order valence-corrected chi connectivity index (χ4v) is 5.35. The zero-order valence-electron chi connectivity index (χ0n) is 28.0. The maximum absolute atomic E-state index is 12.9. The number of ketones is 1. The molecule has 0 aromatic heterocycles. The number of carbonyl (C=O) groups is 4. The molecule has 0 amide bonds. The molecule has 0 aromatic rings. The highest BCUT2D eigenvalue weighted by atomic mass is 16.5. The van der Waals surface area contributed by atoms with Gasteiger partial charge in [-0.15, -0.1) is 0 Å². The van der Waals surface area contributed by atoms with E-state index in [2.05, 4.69) is 26.5 Å². The van der Waals surface area contributed by atoms with Gasteiger partial charge in [0, 0.05) is 29.9 Å². The predicted molar refractivity (Wildman–Crippen MR) is 171 cm³/mol. The van der Waals surface area contributed by atoms with Crippen molar-refractivity contribution in [2.75, 3.05) is 0 Å². The minimum atomic E-state index is -1.42. The van der Waals surface area contributed by atoms with Crippen molar-refractivity contribution in [3.8, 4) is 0 Å². The second kappa shape index (κ2) is 19.4. The fourth-order valence-electron chi connectivity index (χ4n) is 5.35. The van der Waals surface area contributed by atoms with E-state index in [1.54, 1.807) is 33.8 Å². The number of aliphatic hydroxyl groups is 3. The number of aliphatic hydroxyl groups excluding tert-OH is 3. The maximum Gasteiger partial charge on any atom is 0.342 e. The Bertz CT molecular complexity index is 1130. The number of hydrogen-bond acceptors (Lipinski definition) is 9. The lowest BCUT2D eigenvalue weighted by Crippen LogP contribution is -2.36. The summed E-state index contributed by atoms with van der Waals surface area (Å²) in [6, 6.07) is 0. The number of ether oxygens (including phenoxy) is 2. The highest BCUT2D eigenvalue weighted by Crippen LogP contribution is 2.28. The second-order valence-electron chi connectivity index (χ2n) is 12.6. The van der Waals surface area contributed by atoms with Crippen molar-refractivity contribution in [2.45, 2.75) is 124 Å². The van der Waals surface area contributed by atoms with Crippen molar-refractivity contribution in [3.05, 3.63) is 47.3 Å². The van der Waals surface area contributed by atoms with E-state index in [9.17, 15) is 34.5 Å². The zero-order valence-corrected chi connectivity index (χ0v) is 28.0. The Morgan fingerprint density at radius 1 is 0.933 bits per heavy atom. The first-order valence-corrected chi connectivity index (χ1v) is 16.0. The van der Waals surface area contributed by atoms with E-state index >= 15 is 0 Å². The third-order valence-electron chi connectivity index (χ3n) is 8.79. The molecule has 1 heterocycles. The molecule has 0 aromatic carbocycles.